The molecule has 0 saturated heterocycles. The minimum absolute atomic E-state index is 0.0594. The van der Waals surface area contributed by atoms with Crippen molar-refractivity contribution in [1.82, 2.24) is 10.6 Å². The van der Waals surface area contributed by atoms with Gasteiger partial charge in [0.2, 0.25) is 0 Å². The number of aryl methyl sites for hydroxylation is 2. The van der Waals surface area contributed by atoms with Crippen LogP contribution in [0.1, 0.15) is 45.5 Å². The maximum Gasteiger partial charge on any atom is 0.490 e. The number of carboxylic acids is 2. The monoisotopic (exact) mass is 615 g/mol. The van der Waals surface area contributed by atoms with Crippen molar-refractivity contribution in [2.45, 2.75) is 39.0 Å². The molecule has 1 amide bonds. The maximum absolute atomic E-state index is 12.8. The summed E-state index contributed by atoms with van der Waals surface area (Å²) in [7, 11) is 0. The number of amides is 1. The second-order valence-electron chi connectivity index (χ2n) is 9.49. The van der Waals surface area contributed by atoms with Crippen LogP contribution in [0.5, 0.6) is 0 Å². The van der Waals surface area contributed by atoms with Crippen LogP contribution >= 0.6 is 0 Å². The Kier molecular flexibility index (Phi) is 12.5. The molecule has 2 aromatic carbocycles. The van der Waals surface area contributed by atoms with Gasteiger partial charge in [-0.1, -0.05) is 24.3 Å². The molecule has 234 valence electrons. The van der Waals surface area contributed by atoms with Gasteiger partial charge in [0.1, 0.15) is 0 Å². The van der Waals surface area contributed by atoms with E-state index in [0.29, 0.717) is 5.56 Å². The number of rotatable bonds is 4. The summed E-state index contributed by atoms with van der Waals surface area (Å²) >= 11 is 0. The van der Waals surface area contributed by atoms with E-state index in [1.54, 1.807) is 0 Å². The normalized spacial score (nSPS) is 15.0. The van der Waals surface area contributed by atoms with Gasteiger partial charge in [-0.3, -0.25) is 4.79 Å². The Morgan fingerprint density at radius 1 is 0.744 bits per heavy atom. The molecule has 0 saturated carbocycles. The third-order valence-electron chi connectivity index (χ3n) is 6.29. The van der Waals surface area contributed by atoms with Crippen molar-refractivity contribution in [3.8, 4) is 0 Å². The first kappa shape index (κ1) is 35.0. The quantitative estimate of drug-likeness (QED) is 0.285. The van der Waals surface area contributed by atoms with E-state index >= 15 is 0 Å². The van der Waals surface area contributed by atoms with Crippen LogP contribution in [0.4, 0.5) is 32.0 Å². The molecule has 0 aromatic heterocycles. The van der Waals surface area contributed by atoms with Crippen molar-refractivity contribution < 1.29 is 50.9 Å². The largest absolute Gasteiger partial charge is 0.490 e. The molecule has 0 unspecified atom stereocenters. The number of benzene rings is 2. The molecule has 2 aromatic rings. The van der Waals surface area contributed by atoms with Gasteiger partial charge < -0.3 is 26.2 Å². The molecule has 14 heteroatoms. The van der Waals surface area contributed by atoms with E-state index in [2.05, 4.69) is 60.1 Å². The van der Waals surface area contributed by atoms with E-state index < -0.39 is 24.3 Å². The van der Waals surface area contributed by atoms with Crippen molar-refractivity contribution in [2.24, 2.45) is 0 Å². The predicted octanol–water partition coefficient (Wildman–Crippen LogP) is 5.58. The van der Waals surface area contributed by atoms with E-state index in [-0.39, 0.29) is 5.91 Å². The van der Waals surface area contributed by atoms with Crippen LogP contribution in [0.3, 0.4) is 0 Å². The van der Waals surface area contributed by atoms with Crippen molar-refractivity contribution >= 4 is 34.7 Å². The van der Waals surface area contributed by atoms with Gasteiger partial charge in [0.15, 0.2) is 0 Å². The summed E-state index contributed by atoms with van der Waals surface area (Å²) in [6, 6.07) is 12.3. The molecule has 5 N–H and O–H groups in total. The fraction of sp³-hybridized carbons (Fsp3) is 0.345. The third-order valence-corrected chi connectivity index (χ3v) is 6.29. The molecular weight excluding hydrogens is 584 g/mol. The van der Waals surface area contributed by atoms with Gasteiger partial charge in [-0.2, -0.15) is 26.3 Å². The SMILES string of the molecule is Cc1cc(C2=CCNCC2)ccc1NC(=O)c1ccc(C2=CCNCC2)c(C)c1.O=C(O)C(F)(F)F.O=C(O)C(F)(F)F. The lowest BCUT2D eigenvalue weighted by Gasteiger charge is -2.17. The second kappa shape index (κ2) is 15.3. The van der Waals surface area contributed by atoms with Crippen molar-refractivity contribution in [2.75, 3.05) is 31.5 Å². The highest BCUT2D eigenvalue weighted by molar-refractivity contribution is 6.05. The lowest BCUT2D eigenvalue weighted by Crippen LogP contribution is -2.21. The molecule has 0 bridgehead atoms. The van der Waals surface area contributed by atoms with Gasteiger partial charge in [-0.15, -0.1) is 0 Å². The molecule has 2 aliphatic rings. The summed E-state index contributed by atoms with van der Waals surface area (Å²) < 4.78 is 63.5. The number of alkyl halides is 6. The predicted molar refractivity (Wildman–Crippen MR) is 149 cm³/mol. The molecule has 2 aliphatic heterocycles. The summed E-state index contributed by atoms with van der Waals surface area (Å²) in [5.41, 5.74) is 9.05. The first-order chi connectivity index (χ1) is 20.0. The fourth-order valence-corrected chi connectivity index (χ4v) is 4.12. The third kappa shape index (κ3) is 11.2. The Morgan fingerprint density at radius 2 is 1.26 bits per heavy atom. The highest BCUT2D eigenvalue weighted by Crippen LogP contribution is 2.27. The number of carbonyl (C=O) groups excluding carboxylic acids is 1. The molecule has 0 aliphatic carbocycles. The first-order valence-corrected chi connectivity index (χ1v) is 12.9. The number of nitrogens with one attached hydrogen (secondary N) is 3. The van der Waals surface area contributed by atoms with Gasteiger partial charge >= 0.3 is 24.3 Å². The van der Waals surface area contributed by atoms with E-state index in [4.69, 9.17) is 19.8 Å². The Labute approximate surface area is 243 Å². The van der Waals surface area contributed by atoms with E-state index in [1.807, 2.05) is 18.2 Å². The van der Waals surface area contributed by atoms with Crippen molar-refractivity contribution in [1.29, 1.82) is 0 Å². The van der Waals surface area contributed by atoms with E-state index in [0.717, 1.165) is 55.8 Å². The first-order valence-electron chi connectivity index (χ1n) is 12.9. The highest BCUT2D eigenvalue weighted by Gasteiger charge is 2.38. The number of aliphatic carboxylic acids is 2. The van der Waals surface area contributed by atoms with Gasteiger partial charge in [-0.25, -0.2) is 9.59 Å². The lowest BCUT2D eigenvalue weighted by molar-refractivity contribution is -0.193. The van der Waals surface area contributed by atoms with Crippen LogP contribution in [0, 0.1) is 13.8 Å². The molecule has 2 heterocycles. The summed E-state index contributed by atoms with van der Waals surface area (Å²) in [5.74, 6) is -5.57. The Bertz CT molecular complexity index is 1360. The summed E-state index contributed by atoms with van der Waals surface area (Å²) in [6.45, 7) is 8.01. The van der Waals surface area contributed by atoms with Crippen molar-refractivity contribution in [3.63, 3.8) is 0 Å². The fourth-order valence-electron chi connectivity index (χ4n) is 4.12. The smallest absolute Gasteiger partial charge is 0.475 e. The zero-order valence-corrected chi connectivity index (χ0v) is 23.2. The molecule has 0 radical (unpaired) electrons. The summed E-state index contributed by atoms with van der Waals surface area (Å²) in [5, 5.41) is 24.0. The van der Waals surface area contributed by atoms with Gasteiger partial charge in [-0.05, 0) is 97.4 Å². The van der Waals surface area contributed by atoms with Crippen LogP contribution in [0.2, 0.25) is 0 Å². The van der Waals surface area contributed by atoms with Crippen LogP contribution < -0.4 is 16.0 Å². The van der Waals surface area contributed by atoms with Gasteiger partial charge in [0.25, 0.3) is 5.91 Å². The summed E-state index contributed by atoms with van der Waals surface area (Å²) in [4.78, 5) is 30.6. The number of hydrogen-bond acceptors (Lipinski definition) is 5. The second-order valence-corrected chi connectivity index (χ2v) is 9.49. The Hall–Kier alpha value is -4.17. The Morgan fingerprint density at radius 3 is 1.67 bits per heavy atom. The van der Waals surface area contributed by atoms with Gasteiger partial charge in [0, 0.05) is 24.3 Å². The van der Waals surface area contributed by atoms with Crippen LogP contribution in [-0.2, 0) is 9.59 Å². The molecule has 43 heavy (non-hydrogen) atoms. The zero-order chi connectivity index (χ0) is 32.4. The topological polar surface area (TPSA) is 128 Å². The average Bonchev–Trinajstić information content (AvgIpc) is 2.94. The minimum Gasteiger partial charge on any atom is -0.475 e. The van der Waals surface area contributed by atoms with Crippen LogP contribution in [0.15, 0.2) is 48.6 Å². The molecule has 0 fully saturated rings. The van der Waals surface area contributed by atoms with Crippen LogP contribution in [-0.4, -0.2) is 66.6 Å². The highest BCUT2D eigenvalue weighted by atomic mass is 19.4. The molecule has 0 atom stereocenters. The molecule has 4 rings (SSSR count). The Balaban J connectivity index is 0.000000384. The van der Waals surface area contributed by atoms with E-state index in [1.165, 1.54) is 22.3 Å². The summed E-state index contributed by atoms with van der Waals surface area (Å²) in [6.07, 6.45) is -3.60. The lowest BCUT2D eigenvalue weighted by atomic mass is 9.94. The van der Waals surface area contributed by atoms with Crippen LogP contribution in [0.25, 0.3) is 11.1 Å². The van der Waals surface area contributed by atoms with Crippen molar-refractivity contribution in [3.05, 3.63) is 76.4 Å². The number of anilines is 1. The maximum atomic E-state index is 12.8. The number of hydrogen-bond donors (Lipinski definition) is 5. The minimum atomic E-state index is -5.08. The van der Waals surface area contributed by atoms with Gasteiger partial charge in [0.05, 0.1) is 0 Å². The zero-order valence-electron chi connectivity index (χ0n) is 23.2. The molecule has 0 spiro atoms. The number of carbonyl (C=O) groups is 3. The average molecular weight is 616 g/mol. The molecule has 8 nitrogen and oxygen atoms in total. The van der Waals surface area contributed by atoms with E-state index in [9.17, 15) is 31.1 Å². The number of carboxylic acid groups (broad SMARTS) is 2. The molecular formula is C29H31F6N3O5. The number of halogens is 6. The standard InChI is InChI=1S/C25H29N3O.2C2HF3O2/c1-17-15-22(3-5-23(17)20-9-13-27-14-10-20)25(29)28-24-6-4-21(16-18(24)2)19-7-11-26-12-8-19;2*3-2(4,5)1(6)7/h3-7,9,15-16,26-27H,8,10-14H2,1-2H3,(H,28,29);2*(H,6,7).